The van der Waals surface area contributed by atoms with Gasteiger partial charge in [0.1, 0.15) is 6.54 Å². The Morgan fingerprint density at radius 2 is 1.62 bits per heavy atom. The molecule has 39 heavy (non-hydrogen) atoms. The molecule has 0 aliphatic carbocycles. The monoisotopic (exact) mass is 562 g/mol. The second-order valence-electron chi connectivity index (χ2n) is 9.08. The third-order valence-corrected chi connectivity index (χ3v) is 7.35. The Labute approximate surface area is 230 Å². The Morgan fingerprint density at radius 3 is 2.18 bits per heavy atom. The first kappa shape index (κ1) is 30.0. The number of thiophene rings is 1. The van der Waals surface area contributed by atoms with Gasteiger partial charge in [0.25, 0.3) is 5.91 Å². The fourth-order valence-corrected chi connectivity index (χ4v) is 5.02. The van der Waals surface area contributed by atoms with Gasteiger partial charge in [0.2, 0.25) is 5.91 Å². The van der Waals surface area contributed by atoms with E-state index in [1.54, 1.807) is 30.5 Å². The number of nitrogens with zero attached hydrogens (tertiary/aromatic N) is 2. The van der Waals surface area contributed by atoms with Crippen LogP contribution in [0.1, 0.15) is 45.3 Å². The maximum atomic E-state index is 13.6. The zero-order valence-corrected chi connectivity index (χ0v) is 23.3. The van der Waals surface area contributed by atoms with Gasteiger partial charge in [-0.25, -0.2) is 0 Å². The molecule has 0 fully saturated rings. The van der Waals surface area contributed by atoms with Crippen LogP contribution in [-0.4, -0.2) is 55.5 Å². The molecular formula is C29H33F3N2O4S. The van der Waals surface area contributed by atoms with Gasteiger partial charge in [0.05, 0.1) is 26.3 Å². The van der Waals surface area contributed by atoms with Crippen molar-refractivity contribution in [3.63, 3.8) is 0 Å². The molecular weight excluding hydrogens is 529 g/mol. The average molecular weight is 563 g/mol. The Balaban J connectivity index is 1.79. The number of carbonyl (C=O) groups is 2. The Kier molecular flexibility index (Phi) is 10.4. The van der Waals surface area contributed by atoms with E-state index in [1.165, 1.54) is 4.90 Å². The highest BCUT2D eigenvalue weighted by molar-refractivity contribution is 7.10. The maximum absolute atomic E-state index is 13.6. The fraction of sp³-hybridized carbons (Fsp3) is 0.379. The number of aryl methyl sites for hydroxylation is 1. The van der Waals surface area contributed by atoms with Crippen LogP contribution in [0.3, 0.4) is 0 Å². The number of alkyl halides is 3. The number of rotatable bonds is 12. The van der Waals surface area contributed by atoms with Crippen molar-refractivity contribution in [3.05, 3.63) is 81.0 Å². The zero-order valence-electron chi connectivity index (χ0n) is 22.5. The largest absolute Gasteiger partial charge is 0.493 e. The van der Waals surface area contributed by atoms with Crippen molar-refractivity contribution < 1.29 is 32.2 Å². The van der Waals surface area contributed by atoms with Gasteiger partial charge in [-0.3, -0.25) is 9.59 Å². The molecule has 0 spiro atoms. The summed E-state index contributed by atoms with van der Waals surface area (Å²) in [6.07, 6.45) is -3.35. The number of carbonyl (C=O) groups excluding carboxylic acids is 2. The van der Waals surface area contributed by atoms with Crippen LogP contribution in [0.15, 0.2) is 53.9 Å². The van der Waals surface area contributed by atoms with Crippen molar-refractivity contribution >= 4 is 23.2 Å². The predicted molar refractivity (Wildman–Crippen MR) is 145 cm³/mol. The summed E-state index contributed by atoms with van der Waals surface area (Å²) in [6, 6.07) is 11.7. The summed E-state index contributed by atoms with van der Waals surface area (Å²) in [4.78, 5) is 30.9. The fourth-order valence-electron chi connectivity index (χ4n) is 4.10. The summed E-state index contributed by atoms with van der Waals surface area (Å²) in [5.74, 6) is 0.488. The van der Waals surface area contributed by atoms with Gasteiger partial charge in [-0.05, 0) is 78.7 Å². The summed E-state index contributed by atoms with van der Waals surface area (Å²) >= 11 is 1.56. The topological polar surface area (TPSA) is 59.1 Å². The van der Waals surface area contributed by atoms with Crippen molar-refractivity contribution in [3.8, 4) is 11.5 Å². The molecule has 0 saturated heterocycles. The minimum Gasteiger partial charge on any atom is -0.493 e. The number of hydrogen-bond acceptors (Lipinski definition) is 5. The van der Waals surface area contributed by atoms with Gasteiger partial charge in [0.15, 0.2) is 11.5 Å². The van der Waals surface area contributed by atoms with Crippen molar-refractivity contribution in [2.75, 3.05) is 33.9 Å². The van der Waals surface area contributed by atoms with E-state index in [4.69, 9.17) is 9.47 Å². The van der Waals surface area contributed by atoms with Gasteiger partial charge < -0.3 is 19.3 Å². The molecule has 0 unspecified atom stereocenters. The molecule has 0 saturated carbocycles. The van der Waals surface area contributed by atoms with E-state index < -0.39 is 17.6 Å². The van der Waals surface area contributed by atoms with Gasteiger partial charge in [-0.15, -0.1) is 11.3 Å². The number of ether oxygens (including phenoxy) is 2. The number of amides is 2. The second kappa shape index (κ2) is 13.5. The normalized spacial score (nSPS) is 11.3. The smallest absolute Gasteiger partial charge is 0.416 e. The Hall–Kier alpha value is -3.53. The van der Waals surface area contributed by atoms with Crippen LogP contribution in [0.5, 0.6) is 11.5 Å². The summed E-state index contributed by atoms with van der Waals surface area (Å²) in [7, 11) is 3.13. The lowest BCUT2D eigenvalue weighted by atomic mass is 10.1. The van der Waals surface area contributed by atoms with E-state index in [2.05, 4.69) is 0 Å². The molecule has 0 atom stereocenters. The van der Waals surface area contributed by atoms with Crippen LogP contribution in [0.4, 0.5) is 13.2 Å². The number of benzene rings is 2. The van der Waals surface area contributed by atoms with Crippen LogP contribution in [0.25, 0.3) is 0 Å². The number of halogens is 3. The molecule has 2 amide bonds. The standard InChI is InChI=1S/C29H33F3N2O4S/c1-5-14-34(28(36)22-7-9-23(10-8-22)29(30,31)32)19-27(35)33(18-26-20(2)13-16-39-26)15-12-21-6-11-24(37-3)25(17-21)38-4/h6-11,13,16-17H,5,12,14-15,18-19H2,1-4H3. The zero-order chi connectivity index (χ0) is 28.6. The molecule has 2 aromatic carbocycles. The molecule has 0 radical (unpaired) electrons. The molecule has 1 heterocycles. The first-order valence-corrected chi connectivity index (χ1v) is 13.4. The molecule has 0 bridgehead atoms. The number of hydrogen-bond donors (Lipinski definition) is 0. The SMILES string of the molecule is CCCN(CC(=O)N(CCc1ccc(OC)c(OC)c1)Cc1sccc1C)C(=O)c1ccc(C(F)(F)F)cc1. The summed E-state index contributed by atoms with van der Waals surface area (Å²) in [5, 5.41) is 1.97. The van der Waals surface area contributed by atoms with Gasteiger partial charge in [-0.2, -0.15) is 13.2 Å². The highest BCUT2D eigenvalue weighted by atomic mass is 32.1. The van der Waals surface area contributed by atoms with Crippen LogP contribution < -0.4 is 9.47 Å². The molecule has 3 rings (SSSR count). The van der Waals surface area contributed by atoms with Gasteiger partial charge >= 0.3 is 6.18 Å². The lowest BCUT2D eigenvalue weighted by Crippen LogP contribution is -2.43. The molecule has 0 aliphatic heterocycles. The minimum absolute atomic E-state index is 0.107. The predicted octanol–water partition coefficient (Wildman–Crippen LogP) is 6.22. The van der Waals surface area contributed by atoms with Crippen molar-refractivity contribution in [1.82, 2.24) is 9.80 Å². The first-order chi connectivity index (χ1) is 18.6. The van der Waals surface area contributed by atoms with E-state index in [-0.39, 0.29) is 18.0 Å². The highest BCUT2D eigenvalue weighted by Crippen LogP contribution is 2.30. The molecule has 1 aromatic heterocycles. The van der Waals surface area contributed by atoms with E-state index in [1.807, 2.05) is 43.5 Å². The van der Waals surface area contributed by atoms with Gasteiger partial charge in [-0.1, -0.05) is 13.0 Å². The molecule has 210 valence electrons. The third-order valence-electron chi connectivity index (χ3n) is 6.34. The van der Waals surface area contributed by atoms with E-state index in [0.29, 0.717) is 44.0 Å². The van der Waals surface area contributed by atoms with Crippen LogP contribution >= 0.6 is 11.3 Å². The summed E-state index contributed by atoms with van der Waals surface area (Å²) in [5.41, 5.74) is 1.31. The number of methoxy groups -OCH3 is 2. The summed E-state index contributed by atoms with van der Waals surface area (Å²) in [6.45, 7) is 4.78. The molecule has 0 aliphatic rings. The molecule has 10 heteroatoms. The van der Waals surface area contributed by atoms with Crippen molar-refractivity contribution in [1.29, 1.82) is 0 Å². The van der Waals surface area contributed by atoms with E-state index in [9.17, 15) is 22.8 Å². The Morgan fingerprint density at radius 1 is 0.923 bits per heavy atom. The van der Waals surface area contributed by atoms with Crippen LogP contribution in [0.2, 0.25) is 0 Å². The van der Waals surface area contributed by atoms with Crippen LogP contribution in [0, 0.1) is 6.92 Å². The molecule has 3 aromatic rings. The first-order valence-electron chi connectivity index (χ1n) is 12.6. The van der Waals surface area contributed by atoms with Crippen molar-refractivity contribution in [2.24, 2.45) is 0 Å². The van der Waals surface area contributed by atoms with E-state index in [0.717, 1.165) is 40.3 Å². The molecule has 0 N–H and O–H groups in total. The average Bonchev–Trinajstić information content (AvgIpc) is 3.33. The third kappa shape index (κ3) is 7.98. The molecule has 6 nitrogen and oxygen atoms in total. The lowest BCUT2D eigenvalue weighted by molar-refractivity contribution is -0.137. The van der Waals surface area contributed by atoms with Gasteiger partial charge in [0, 0.05) is 23.5 Å². The quantitative estimate of drug-likeness (QED) is 0.263. The van der Waals surface area contributed by atoms with Crippen LogP contribution in [-0.2, 0) is 23.9 Å². The van der Waals surface area contributed by atoms with Crippen molar-refractivity contribution in [2.45, 2.75) is 39.4 Å². The Bertz CT molecular complexity index is 1260. The highest BCUT2D eigenvalue weighted by Gasteiger charge is 2.31. The minimum atomic E-state index is -4.49. The maximum Gasteiger partial charge on any atom is 0.416 e. The second-order valence-corrected chi connectivity index (χ2v) is 10.1. The van der Waals surface area contributed by atoms with E-state index >= 15 is 0 Å². The summed E-state index contributed by atoms with van der Waals surface area (Å²) < 4.78 is 49.6. The lowest BCUT2D eigenvalue weighted by Gasteiger charge is -2.28.